The Labute approximate surface area is 149 Å². The van der Waals surface area contributed by atoms with Gasteiger partial charge in [0.15, 0.2) is 0 Å². The van der Waals surface area contributed by atoms with Gasteiger partial charge in [0.05, 0.1) is 4.90 Å². The zero-order valence-electron chi connectivity index (χ0n) is 14.5. The summed E-state index contributed by atoms with van der Waals surface area (Å²) in [6, 6.07) is 14.2. The Morgan fingerprint density at radius 2 is 1.88 bits per heavy atom. The summed E-state index contributed by atoms with van der Waals surface area (Å²) >= 11 is 0. The van der Waals surface area contributed by atoms with Crippen molar-refractivity contribution in [2.75, 3.05) is 13.1 Å². The highest BCUT2D eigenvalue weighted by Crippen LogP contribution is 2.24. The third kappa shape index (κ3) is 4.60. The SMILES string of the molecule is Cc1cccc(Oc2ccc(S(=O)(=O)NC3CCNCC3C)cc2)c1. The van der Waals surface area contributed by atoms with Gasteiger partial charge in [-0.15, -0.1) is 0 Å². The van der Waals surface area contributed by atoms with Crippen molar-refractivity contribution < 1.29 is 13.2 Å². The molecule has 0 aliphatic carbocycles. The molecule has 3 rings (SSSR count). The smallest absolute Gasteiger partial charge is 0.240 e. The van der Waals surface area contributed by atoms with Crippen molar-refractivity contribution in [3.8, 4) is 11.5 Å². The number of benzene rings is 2. The van der Waals surface area contributed by atoms with Gasteiger partial charge >= 0.3 is 0 Å². The molecule has 0 amide bonds. The molecule has 0 spiro atoms. The summed E-state index contributed by atoms with van der Waals surface area (Å²) in [5, 5.41) is 3.27. The van der Waals surface area contributed by atoms with E-state index in [0.717, 1.165) is 30.8 Å². The summed E-state index contributed by atoms with van der Waals surface area (Å²) in [7, 11) is -3.52. The molecule has 1 aliphatic rings. The minimum Gasteiger partial charge on any atom is -0.457 e. The van der Waals surface area contributed by atoms with Crippen LogP contribution in [0.5, 0.6) is 11.5 Å². The molecule has 5 nitrogen and oxygen atoms in total. The van der Waals surface area contributed by atoms with E-state index < -0.39 is 10.0 Å². The Balaban J connectivity index is 1.70. The van der Waals surface area contributed by atoms with Gasteiger partial charge in [-0.05, 0) is 74.3 Å². The van der Waals surface area contributed by atoms with Crippen LogP contribution in [0.3, 0.4) is 0 Å². The predicted molar refractivity (Wildman–Crippen MR) is 98.5 cm³/mol. The summed E-state index contributed by atoms with van der Waals surface area (Å²) in [6.45, 7) is 5.71. The van der Waals surface area contributed by atoms with Gasteiger partial charge in [-0.1, -0.05) is 19.1 Å². The van der Waals surface area contributed by atoms with E-state index in [9.17, 15) is 8.42 Å². The Kier molecular flexibility index (Phi) is 5.42. The van der Waals surface area contributed by atoms with Gasteiger partial charge in [0, 0.05) is 6.04 Å². The van der Waals surface area contributed by atoms with E-state index in [2.05, 4.69) is 17.0 Å². The van der Waals surface area contributed by atoms with Crippen LogP contribution in [0.15, 0.2) is 53.4 Å². The van der Waals surface area contributed by atoms with Gasteiger partial charge < -0.3 is 10.1 Å². The van der Waals surface area contributed by atoms with Crippen LogP contribution in [-0.4, -0.2) is 27.5 Å². The minimum atomic E-state index is -3.52. The molecule has 2 N–H and O–H groups in total. The van der Waals surface area contributed by atoms with Crippen LogP contribution in [0, 0.1) is 12.8 Å². The molecule has 134 valence electrons. The lowest BCUT2D eigenvalue weighted by atomic mass is 9.97. The van der Waals surface area contributed by atoms with Crippen LogP contribution in [0.4, 0.5) is 0 Å². The quantitative estimate of drug-likeness (QED) is 0.860. The van der Waals surface area contributed by atoms with Crippen LogP contribution >= 0.6 is 0 Å². The molecule has 0 saturated carbocycles. The molecule has 2 atom stereocenters. The van der Waals surface area contributed by atoms with Crippen LogP contribution in [0.2, 0.25) is 0 Å². The molecule has 6 heteroatoms. The van der Waals surface area contributed by atoms with Gasteiger partial charge in [-0.2, -0.15) is 0 Å². The van der Waals surface area contributed by atoms with Crippen molar-refractivity contribution in [2.45, 2.75) is 31.2 Å². The number of hydrogen-bond acceptors (Lipinski definition) is 4. The molecule has 2 unspecified atom stereocenters. The summed E-state index contributed by atoms with van der Waals surface area (Å²) < 4.78 is 33.8. The average Bonchev–Trinajstić information content (AvgIpc) is 2.57. The molecule has 2 aromatic carbocycles. The maximum atomic E-state index is 12.6. The third-order valence-electron chi connectivity index (χ3n) is 4.45. The number of hydrogen-bond donors (Lipinski definition) is 2. The lowest BCUT2D eigenvalue weighted by molar-refractivity contribution is 0.328. The molecule has 0 bridgehead atoms. The zero-order valence-corrected chi connectivity index (χ0v) is 15.3. The third-order valence-corrected chi connectivity index (χ3v) is 5.96. The minimum absolute atomic E-state index is 0.0329. The van der Waals surface area contributed by atoms with Crippen LogP contribution in [0.25, 0.3) is 0 Å². The molecular weight excluding hydrogens is 336 g/mol. The number of aryl methyl sites for hydroxylation is 1. The Morgan fingerprint density at radius 1 is 1.12 bits per heavy atom. The largest absolute Gasteiger partial charge is 0.457 e. The van der Waals surface area contributed by atoms with Crippen molar-refractivity contribution in [3.05, 3.63) is 54.1 Å². The molecule has 1 fully saturated rings. The van der Waals surface area contributed by atoms with Crippen molar-refractivity contribution in [1.82, 2.24) is 10.0 Å². The highest BCUT2D eigenvalue weighted by atomic mass is 32.2. The van der Waals surface area contributed by atoms with E-state index in [1.54, 1.807) is 24.3 Å². The fourth-order valence-electron chi connectivity index (χ4n) is 2.96. The second-order valence-electron chi connectivity index (χ2n) is 6.59. The highest BCUT2D eigenvalue weighted by Gasteiger charge is 2.26. The van der Waals surface area contributed by atoms with E-state index in [0.29, 0.717) is 5.75 Å². The van der Waals surface area contributed by atoms with E-state index in [1.165, 1.54) is 0 Å². The molecule has 1 aliphatic heterocycles. The Hall–Kier alpha value is -1.89. The molecule has 1 heterocycles. The first kappa shape index (κ1) is 17.9. The number of rotatable bonds is 5. The van der Waals surface area contributed by atoms with Crippen molar-refractivity contribution in [2.24, 2.45) is 5.92 Å². The Bertz CT molecular complexity index is 819. The summed E-state index contributed by atoms with van der Waals surface area (Å²) in [5.74, 6) is 1.62. The van der Waals surface area contributed by atoms with Gasteiger partial charge in [0.25, 0.3) is 0 Å². The lowest BCUT2D eigenvalue weighted by Crippen LogP contribution is -2.48. The molecule has 1 saturated heterocycles. The van der Waals surface area contributed by atoms with Crippen LogP contribution < -0.4 is 14.8 Å². The molecule has 0 aromatic heterocycles. The molecular formula is C19H24N2O3S. The number of piperidine rings is 1. The van der Waals surface area contributed by atoms with Crippen LogP contribution in [-0.2, 0) is 10.0 Å². The van der Waals surface area contributed by atoms with Gasteiger partial charge in [-0.25, -0.2) is 13.1 Å². The first-order valence-corrected chi connectivity index (χ1v) is 10.00. The van der Waals surface area contributed by atoms with Crippen LogP contribution in [0.1, 0.15) is 18.9 Å². The first-order valence-electron chi connectivity index (χ1n) is 8.52. The Morgan fingerprint density at radius 3 is 2.56 bits per heavy atom. The van der Waals surface area contributed by atoms with E-state index in [1.807, 2.05) is 31.2 Å². The van der Waals surface area contributed by atoms with Crippen molar-refractivity contribution in [1.29, 1.82) is 0 Å². The fourth-order valence-corrected chi connectivity index (χ4v) is 4.34. The second-order valence-corrected chi connectivity index (χ2v) is 8.30. The molecule has 25 heavy (non-hydrogen) atoms. The lowest BCUT2D eigenvalue weighted by Gasteiger charge is -2.29. The fraction of sp³-hybridized carbons (Fsp3) is 0.368. The standard InChI is InChI=1S/C19H24N2O3S/c1-14-4-3-5-17(12-14)24-16-6-8-18(9-7-16)25(22,23)21-19-10-11-20-13-15(19)2/h3-9,12,15,19-21H,10-11,13H2,1-2H3. The first-order chi connectivity index (χ1) is 11.9. The van der Waals surface area contributed by atoms with Crippen molar-refractivity contribution >= 4 is 10.0 Å². The second kappa shape index (κ2) is 7.56. The monoisotopic (exact) mass is 360 g/mol. The topological polar surface area (TPSA) is 67.4 Å². The average molecular weight is 360 g/mol. The summed E-state index contributed by atoms with van der Waals surface area (Å²) in [5.41, 5.74) is 1.11. The molecule has 2 aromatic rings. The number of nitrogens with one attached hydrogen (secondary N) is 2. The number of ether oxygens (including phenoxy) is 1. The van der Waals surface area contributed by atoms with E-state index in [4.69, 9.17) is 4.74 Å². The van der Waals surface area contributed by atoms with Gasteiger partial charge in [0.2, 0.25) is 10.0 Å². The molecule has 0 radical (unpaired) electrons. The summed E-state index contributed by atoms with van der Waals surface area (Å²) in [6.07, 6.45) is 0.801. The van der Waals surface area contributed by atoms with E-state index in [-0.39, 0.29) is 16.9 Å². The maximum Gasteiger partial charge on any atom is 0.240 e. The van der Waals surface area contributed by atoms with E-state index >= 15 is 0 Å². The number of sulfonamides is 1. The highest BCUT2D eigenvalue weighted by molar-refractivity contribution is 7.89. The normalized spacial score (nSPS) is 21.0. The predicted octanol–water partition coefficient (Wildman–Crippen LogP) is 3.06. The maximum absolute atomic E-state index is 12.6. The van der Waals surface area contributed by atoms with Crippen molar-refractivity contribution in [3.63, 3.8) is 0 Å². The summed E-state index contributed by atoms with van der Waals surface area (Å²) in [4.78, 5) is 0.259. The van der Waals surface area contributed by atoms with Gasteiger partial charge in [0.1, 0.15) is 11.5 Å². The zero-order chi connectivity index (χ0) is 17.9. The van der Waals surface area contributed by atoms with Gasteiger partial charge in [-0.3, -0.25) is 0 Å².